The third kappa shape index (κ3) is 3.12. The third-order valence-electron chi connectivity index (χ3n) is 3.98. The van der Waals surface area contributed by atoms with Crippen molar-refractivity contribution < 1.29 is 22.7 Å². The number of carbonyl (C=O) groups is 1. The number of benzene rings is 1. The summed E-state index contributed by atoms with van der Waals surface area (Å²) in [6.45, 7) is 2.35. The number of hydrogen-bond donors (Lipinski definition) is 1. The van der Waals surface area contributed by atoms with Crippen molar-refractivity contribution in [1.29, 1.82) is 0 Å². The molecule has 0 spiro atoms. The van der Waals surface area contributed by atoms with Gasteiger partial charge >= 0.3 is 6.36 Å². The van der Waals surface area contributed by atoms with Gasteiger partial charge in [0.1, 0.15) is 5.75 Å². The van der Waals surface area contributed by atoms with Crippen molar-refractivity contribution in [3.05, 3.63) is 29.8 Å². The molecule has 21 heavy (non-hydrogen) atoms. The van der Waals surface area contributed by atoms with Gasteiger partial charge in [0.05, 0.1) is 0 Å². The predicted molar refractivity (Wildman–Crippen MR) is 68.9 cm³/mol. The number of alkyl halides is 3. The summed E-state index contributed by atoms with van der Waals surface area (Å²) in [6, 6.07) is 5.41. The van der Waals surface area contributed by atoms with Crippen molar-refractivity contribution in [2.75, 3.05) is 19.6 Å². The zero-order valence-electron chi connectivity index (χ0n) is 11.2. The van der Waals surface area contributed by atoms with E-state index in [1.807, 2.05) is 0 Å². The summed E-state index contributed by atoms with van der Waals surface area (Å²) >= 11 is 0. The van der Waals surface area contributed by atoms with E-state index < -0.39 is 6.36 Å². The van der Waals surface area contributed by atoms with Crippen molar-refractivity contribution in [1.82, 2.24) is 10.2 Å². The smallest absolute Gasteiger partial charge is 0.406 e. The first-order chi connectivity index (χ1) is 9.92. The molecule has 1 aromatic carbocycles. The molecule has 2 aliphatic heterocycles. The van der Waals surface area contributed by atoms with Crippen molar-refractivity contribution in [3.63, 3.8) is 0 Å². The molecule has 0 aromatic heterocycles. The summed E-state index contributed by atoms with van der Waals surface area (Å²) in [4.78, 5) is 14.1. The van der Waals surface area contributed by atoms with E-state index in [1.165, 1.54) is 12.1 Å². The summed E-state index contributed by atoms with van der Waals surface area (Å²) in [5, 5.41) is 3.35. The van der Waals surface area contributed by atoms with Crippen molar-refractivity contribution in [3.8, 4) is 5.75 Å². The number of halogens is 3. The van der Waals surface area contributed by atoms with Crippen LogP contribution in [0, 0.1) is 5.92 Å². The lowest BCUT2D eigenvalue weighted by atomic mass is 10.1. The molecule has 1 N–H and O–H groups in total. The quantitative estimate of drug-likeness (QED) is 0.908. The molecule has 2 saturated heterocycles. The van der Waals surface area contributed by atoms with Gasteiger partial charge in [0.2, 0.25) is 0 Å². The Morgan fingerprint density at radius 2 is 1.95 bits per heavy atom. The van der Waals surface area contributed by atoms with E-state index in [-0.39, 0.29) is 11.7 Å². The van der Waals surface area contributed by atoms with Gasteiger partial charge in [0, 0.05) is 24.7 Å². The van der Waals surface area contributed by atoms with Crippen LogP contribution in [-0.2, 0) is 0 Å². The Labute approximate surface area is 119 Å². The predicted octanol–water partition coefficient (Wildman–Crippen LogP) is 2.02. The fourth-order valence-corrected chi connectivity index (χ4v) is 3.00. The summed E-state index contributed by atoms with van der Waals surface area (Å²) in [7, 11) is 0. The molecule has 0 unspecified atom stereocenters. The largest absolute Gasteiger partial charge is 0.573 e. The molecule has 2 heterocycles. The second-order valence-corrected chi connectivity index (χ2v) is 5.39. The van der Waals surface area contributed by atoms with Gasteiger partial charge in [-0.05, 0) is 43.1 Å². The van der Waals surface area contributed by atoms with Gasteiger partial charge in [-0.3, -0.25) is 4.79 Å². The molecule has 1 aromatic rings. The van der Waals surface area contributed by atoms with Gasteiger partial charge in [-0.15, -0.1) is 13.2 Å². The monoisotopic (exact) mass is 300 g/mol. The van der Waals surface area contributed by atoms with Crippen molar-refractivity contribution >= 4 is 5.91 Å². The average Bonchev–Trinajstić information content (AvgIpc) is 2.97. The summed E-state index contributed by atoms with van der Waals surface area (Å²) < 4.78 is 40.0. The fraction of sp³-hybridized carbons (Fsp3) is 0.500. The first-order valence-corrected chi connectivity index (χ1v) is 6.81. The fourth-order valence-electron chi connectivity index (χ4n) is 3.00. The maximum absolute atomic E-state index is 12.3. The number of carbonyl (C=O) groups excluding carboxylic acids is 1. The molecular formula is C14H15F3N2O2. The second-order valence-electron chi connectivity index (χ2n) is 5.39. The van der Waals surface area contributed by atoms with Gasteiger partial charge in [-0.1, -0.05) is 0 Å². The lowest BCUT2D eigenvalue weighted by molar-refractivity contribution is -0.274. The molecule has 114 valence electrons. The Morgan fingerprint density at radius 3 is 2.57 bits per heavy atom. The summed E-state index contributed by atoms with van der Waals surface area (Å²) in [5.41, 5.74) is 0.379. The number of hydrogen-bond acceptors (Lipinski definition) is 3. The van der Waals surface area contributed by atoms with Crippen LogP contribution in [0.25, 0.3) is 0 Å². The molecule has 2 atom stereocenters. The molecule has 1 amide bonds. The first kappa shape index (κ1) is 14.2. The minimum Gasteiger partial charge on any atom is -0.406 e. The average molecular weight is 300 g/mol. The lowest BCUT2D eigenvalue weighted by Gasteiger charge is -2.17. The number of ether oxygens (including phenoxy) is 1. The molecule has 0 radical (unpaired) electrons. The normalized spacial score (nSPS) is 25.0. The Bertz CT molecular complexity index is 518. The number of nitrogens with one attached hydrogen (secondary N) is 1. The Hall–Kier alpha value is -1.76. The zero-order valence-corrected chi connectivity index (χ0v) is 11.2. The number of rotatable bonds is 2. The van der Waals surface area contributed by atoms with Gasteiger partial charge < -0.3 is 15.0 Å². The minimum atomic E-state index is -4.72. The van der Waals surface area contributed by atoms with Crippen LogP contribution in [-0.4, -0.2) is 42.8 Å². The van der Waals surface area contributed by atoms with E-state index in [0.29, 0.717) is 30.6 Å². The van der Waals surface area contributed by atoms with Crippen LogP contribution >= 0.6 is 0 Å². The Balaban J connectivity index is 1.65. The first-order valence-electron chi connectivity index (χ1n) is 6.81. The molecular weight excluding hydrogens is 285 g/mol. The van der Waals surface area contributed by atoms with Crippen molar-refractivity contribution in [2.24, 2.45) is 5.92 Å². The van der Waals surface area contributed by atoms with E-state index in [4.69, 9.17) is 0 Å². The molecule has 4 nitrogen and oxygen atoms in total. The standard InChI is InChI=1S/C14H15F3N2O2/c15-14(16,17)21-11-3-1-9(2-4-11)13(20)19-7-10-5-6-18-12(10)8-19/h1-4,10,12,18H,5-8H2/t10-,12+/m0/s1. The van der Waals surface area contributed by atoms with Gasteiger partial charge in [-0.25, -0.2) is 0 Å². The second kappa shape index (κ2) is 5.22. The highest BCUT2D eigenvalue weighted by Gasteiger charge is 2.38. The number of likely N-dealkylation sites (tertiary alicyclic amines) is 1. The molecule has 2 aliphatic rings. The topological polar surface area (TPSA) is 41.6 Å². The van der Waals surface area contributed by atoms with Crippen molar-refractivity contribution in [2.45, 2.75) is 18.8 Å². The van der Waals surface area contributed by atoms with E-state index in [9.17, 15) is 18.0 Å². The Kier molecular flexibility index (Phi) is 3.52. The highest BCUT2D eigenvalue weighted by Crippen LogP contribution is 2.27. The van der Waals surface area contributed by atoms with E-state index in [2.05, 4.69) is 10.1 Å². The van der Waals surface area contributed by atoms with Gasteiger partial charge in [-0.2, -0.15) is 0 Å². The van der Waals surface area contributed by atoms with Crippen LogP contribution in [0.1, 0.15) is 16.8 Å². The highest BCUT2D eigenvalue weighted by atomic mass is 19.4. The maximum Gasteiger partial charge on any atom is 0.573 e. The van der Waals surface area contributed by atoms with Gasteiger partial charge in [0.25, 0.3) is 5.91 Å². The highest BCUT2D eigenvalue weighted by molar-refractivity contribution is 5.94. The maximum atomic E-state index is 12.3. The molecule has 0 saturated carbocycles. The number of nitrogens with zero attached hydrogens (tertiary/aromatic N) is 1. The van der Waals surface area contributed by atoms with Crippen LogP contribution in [0.5, 0.6) is 5.75 Å². The van der Waals surface area contributed by atoms with Crippen LogP contribution in [0.15, 0.2) is 24.3 Å². The van der Waals surface area contributed by atoms with Crippen LogP contribution < -0.4 is 10.1 Å². The summed E-state index contributed by atoms with van der Waals surface area (Å²) in [5.74, 6) is 0.0190. The molecule has 7 heteroatoms. The van der Waals surface area contributed by atoms with Crippen LogP contribution in [0.3, 0.4) is 0 Å². The summed E-state index contributed by atoms with van der Waals surface area (Å²) in [6.07, 6.45) is -3.66. The van der Waals surface area contributed by atoms with E-state index in [1.54, 1.807) is 4.90 Å². The Morgan fingerprint density at radius 1 is 1.24 bits per heavy atom. The molecule has 0 bridgehead atoms. The third-order valence-corrected chi connectivity index (χ3v) is 3.98. The molecule has 3 rings (SSSR count). The molecule has 0 aliphatic carbocycles. The van der Waals surface area contributed by atoms with Gasteiger partial charge in [0.15, 0.2) is 0 Å². The van der Waals surface area contributed by atoms with E-state index >= 15 is 0 Å². The SMILES string of the molecule is O=C(c1ccc(OC(F)(F)F)cc1)N1C[C@@H]2CCN[C@@H]2C1. The minimum absolute atomic E-state index is 0.148. The zero-order chi connectivity index (χ0) is 15.0. The van der Waals surface area contributed by atoms with Crippen LogP contribution in [0.4, 0.5) is 13.2 Å². The molecule has 2 fully saturated rings. The lowest BCUT2D eigenvalue weighted by Crippen LogP contribution is -2.33. The number of fused-ring (bicyclic) bond motifs is 1. The number of amides is 1. The van der Waals surface area contributed by atoms with E-state index in [0.717, 1.165) is 25.1 Å². The van der Waals surface area contributed by atoms with Crippen LogP contribution in [0.2, 0.25) is 0 Å².